The van der Waals surface area contributed by atoms with Crippen molar-refractivity contribution in [1.29, 1.82) is 0 Å². The average molecular weight is 250 g/mol. The maximum absolute atomic E-state index is 5.47. The molecular weight excluding hydrogens is 224 g/mol. The third-order valence-corrected chi connectivity index (χ3v) is 3.01. The second-order valence-electron chi connectivity index (χ2n) is 4.73. The number of anilines is 2. The molecule has 4 heteroatoms. The zero-order valence-corrected chi connectivity index (χ0v) is 11.5. The van der Waals surface area contributed by atoms with E-state index in [4.69, 9.17) is 5.73 Å². The van der Waals surface area contributed by atoms with E-state index in [1.165, 1.54) is 51.4 Å². The highest BCUT2D eigenvalue weighted by Crippen LogP contribution is 2.08. The van der Waals surface area contributed by atoms with Crippen molar-refractivity contribution < 1.29 is 0 Å². The van der Waals surface area contributed by atoms with E-state index in [-0.39, 0.29) is 0 Å². The molecule has 102 valence electrons. The summed E-state index contributed by atoms with van der Waals surface area (Å²) in [5.41, 5.74) is 5.47. The lowest BCUT2D eigenvalue weighted by Crippen LogP contribution is -2.04. The van der Waals surface area contributed by atoms with Crippen LogP contribution in [0.2, 0.25) is 0 Å². The van der Waals surface area contributed by atoms with Crippen molar-refractivity contribution in [3.05, 3.63) is 12.4 Å². The monoisotopic (exact) mass is 250 g/mol. The molecule has 4 nitrogen and oxygen atoms in total. The van der Waals surface area contributed by atoms with Gasteiger partial charge < -0.3 is 11.1 Å². The van der Waals surface area contributed by atoms with E-state index in [0.717, 1.165) is 12.4 Å². The molecule has 0 radical (unpaired) electrons. The molecule has 0 amide bonds. The molecular formula is C14H26N4. The lowest BCUT2D eigenvalue weighted by molar-refractivity contribution is 0.581. The summed E-state index contributed by atoms with van der Waals surface area (Å²) in [4.78, 5) is 8.14. The van der Waals surface area contributed by atoms with E-state index in [1.807, 2.05) is 0 Å². The average Bonchev–Trinajstić information content (AvgIpc) is 2.39. The Balaban J connectivity index is 1.91. The number of nitrogens with one attached hydrogen (secondary N) is 1. The van der Waals surface area contributed by atoms with E-state index in [2.05, 4.69) is 22.2 Å². The van der Waals surface area contributed by atoms with E-state index < -0.39 is 0 Å². The minimum absolute atomic E-state index is 0.465. The van der Waals surface area contributed by atoms with Gasteiger partial charge >= 0.3 is 0 Å². The van der Waals surface area contributed by atoms with Gasteiger partial charge in [0.2, 0.25) is 0 Å². The van der Waals surface area contributed by atoms with E-state index in [0.29, 0.717) is 5.82 Å². The molecule has 0 saturated carbocycles. The quantitative estimate of drug-likeness (QED) is 0.623. The molecule has 0 aliphatic heterocycles. The van der Waals surface area contributed by atoms with Crippen molar-refractivity contribution >= 4 is 11.6 Å². The zero-order chi connectivity index (χ0) is 13.1. The molecule has 0 unspecified atom stereocenters. The molecule has 18 heavy (non-hydrogen) atoms. The van der Waals surface area contributed by atoms with Crippen LogP contribution in [0.3, 0.4) is 0 Å². The lowest BCUT2D eigenvalue weighted by atomic mass is 10.1. The van der Waals surface area contributed by atoms with Crippen LogP contribution in [-0.4, -0.2) is 16.5 Å². The van der Waals surface area contributed by atoms with Crippen molar-refractivity contribution in [2.45, 2.75) is 58.3 Å². The number of aromatic nitrogens is 2. The fourth-order valence-electron chi connectivity index (χ4n) is 1.90. The van der Waals surface area contributed by atoms with Crippen LogP contribution in [0.25, 0.3) is 0 Å². The number of hydrogen-bond donors (Lipinski definition) is 2. The van der Waals surface area contributed by atoms with Crippen LogP contribution < -0.4 is 11.1 Å². The molecule has 1 heterocycles. The summed E-state index contributed by atoms with van der Waals surface area (Å²) < 4.78 is 0. The lowest BCUT2D eigenvalue weighted by Gasteiger charge is -2.05. The highest BCUT2D eigenvalue weighted by Gasteiger charge is 1.94. The van der Waals surface area contributed by atoms with Crippen LogP contribution in [0.5, 0.6) is 0 Å². The van der Waals surface area contributed by atoms with Crippen LogP contribution >= 0.6 is 0 Å². The van der Waals surface area contributed by atoms with E-state index in [9.17, 15) is 0 Å². The summed E-state index contributed by atoms with van der Waals surface area (Å²) in [7, 11) is 0. The second-order valence-corrected chi connectivity index (χ2v) is 4.73. The fourth-order valence-corrected chi connectivity index (χ4v) is 1.90. The number of nitrogen functional groups attached to an aromatic ring is 1. The van der Waals surface area contributed by atoms with Gasteiger partial charge in [-0.2, -0.15) is 0 Å². The molecule has 0 atom stereocenters. The third-order valence-electron chi connectivity index (χ3n) is 3.01. The van der Waals surface area contributed by atoms with Crippen LogP contribution in [0.4, 0.5) is 11.6 Å². The highest BCUT2D eigenvalue weighted by atomic mass is 15.0. The largest absolute Gasteiger partial charge is 0.382 e. The van der Waals surface area contributed by atoms with Crippen LogP contribution in [-0.2, 0) is 0 Å². The normalized spacial score (nSPS) is 10.5. The molecule has 0 aliphatic rings. The van der Waals surface area contributed by atoms with E-state index >= 15 is 0 Å². The van der Waals surface area contributed by atoms with Gasteiger partial charge in [-0.3, -0.25) is 0 Å². The Morgan fingerprint density at radius 3 is 2.22 bits per heavy atom. The maximum Gasteiger partial charge on any atom is 0.144 e. The number of nitrogens with two attached hydrogens (primary N) is 1. The molecule has 1 aromatic rings. The minimum Gasteiger partial charge on any atom is -0.382 e. The summed E-state index contributed by atoms with van der Waals surface area (Å²) in [6.45, 7) is 3.22. The van der Waals surface area contributed by atoms with E-state index in [1.54, 1.807) is 12.4 Å². The molecule has 3 N–H and O–H groups in total. The van der Waals surface area contributed by atoms with Crippen LogP contribution in [0, 0.1) is 0 Å². The number of rotatable bonds is 10. The predicted molar refractivity (Wildman–Crippen MR) is 77.5 cm³/mol. The van der Waals surface area contributed by atoms with Crippen molar-refractivity contribution in [3.8, 4) is 0 Å². The zero-order valence-electron chi connectivity index (χ0n) is 11.5. The van der Waals surface area contributed by atoms with Gasteiger partial charge in [0.15, 0.2) is 0 Å². The Hall–Kier alpha value is -1.32. The van der Waals surface area contributed by atoms with Gasteiger partial charge in [-0.05, 0) is 6.42 Å². The van der Waals surface area contributed by atoms with Gasteiger partial charge in [0, 0.05) is 6.54 Å². The topological polar surface area (TPSA) is 63.8 Å². The molecule has 0 saturated heterocycles. The van der Waals surface area contributed by atoms with Gasteiger partial charge in [-0.25, -0.2) is 9.97 Å². The van der Waals surface area contributed by atoms with Gasteiger partial charge in [-0.15, -0.1) is 0 Å². The molecule has 0 fully saturated rings. The fraction of sp³-hybridized carbons (Fsp3) is 0.714. The number of unbranched alkanes of at least 4 members (excludes halogenated alkanes) is 7. The molecule has 0 aromatic carbocycles. The summed E-state index contributed by atoms with van der Waals surface area (Å²) in [5.74, 6) is 1.28. The smallest absolute Gasteiger partial charge is 0.144 e. The summed E-state index contributed by atoms with van der Waals surface area (Å²) in [6.07, 6.45) is 14.0. The molecule has 0 spiro atoms. The Labute approximate surface area is 110 Å². The number of nitrogens with zero attached hydrogens (tertiary/aromatic N) is 2. The van der Waals surface area contributed by atoms with Gasteiger partial charge in [0.25, 0.3) is 0 Å². The standard InChI is InChI=1S/C14H26N4/c1-2-3-4-5-6-7-8-9-10-16-14-12-17-13(15)11-18-14/h11-12H,2-10H2,1H3,(H2,15,17)(H,16,18). The first-order valence-corrected chi connectivity index (χ1v) is 7.14. The van der Waals surface area contributed by atoms with Gasteiger partial charge in [0.05, 0.1) is 12.4 Å². The SMILES string of the molecule is CCCCCCCCCCNc1cnc(N)cn1. The Morgan fingerprint density at radius 1 is 0.944 bits per heavy atom. The Kier molecular flexibility index (Phi) is 7.93. The third kappa shape index (κ3) is 7.09. The number of hydrogen-bond acceptors (Lipinski definition) is 4. The molecule has 1 aromatic heterocycles. The minimum atomic E-state index is 0.465. The van der Waals surface area contributed by atoms with Crippen molar-refractivity contribution in [3.63, 3.8) is 0 Å². The highest BCUT2D eigenvalue weighted by molar-refractivity contribution is 5.35. The molecule has 0 bridgehead atoms. The first kappa shape index (κ1) is 14.7. The molecule has 1 rings (SSSR count). The van der Waals surface area contributed by atoms with Crippen molar-refractivity contribution in [2.24, 2.45) is 0 Å². The predicted octanol–water partition coefficient (Wildman–Crippen LogP) is 3.61. The first-order valence-electron chi connectivity index (χ1n) is 7.14. The van der Waals surface area contributed by atoms with Gasteiger partial charge in [0.1, 0.15) is 11.6 Å². The maximum atomic E-state index is 5.47. The van der Waals surface area contributed by atoms with Gasteiger partial charge in [-0.1, -0.05) is 51.9 Å². The van der Waals surface area contributed by atoms with Crippen LogP contribution in [0.15, 0.2) is 12.4 Å². The Bertz CT molecular complexity index is 297. The Morgan fingerprint density at radius 2 is 1.61 bits per heavy atom. The molecule has 0 aliphatic carbocycles. The summed E-state index contributed by atoms with van der Waals surface area (Å²) >= 11 is 0. The van der Waals surface area contributed by atoms with Crippen LogP contribution in [0.1, 0.15) is 58.3 Å². The first-order chi connectivity index (χ1) is 8.83. The summed E-state index contributed by atoms with van der Waals surface area (Å²) in [6, 6.07) is 0. The van der Waals surface area contributed by atoms with Crippen molar-refractivity contribution in [1.82, 2.24) is 9.97 Å². The van der Waals surface area contributed by atoms with Crippen molar-refractivity contribution in [2.75, 3.05) is 17.6 Å². The second kappa shape index (κ2) is 9.68. The summed E-state index contributed by atoms with van der Waals surface area (Å²) in [5, 5.41) is 3.25.